The Labute approximate surface area is 113 Å². The number of esters is 1. The Morgan fingerprint density at radius 1 is 1.30 bits per heavy atom. The number of benzene rings is 1. The summed E-state index contributed by atoms with van der Waals surface area (Å²) in [6, 6.07) is 4.93. The van der Waals surface area contributed by atoms with Gasteiger partial charge in [-0.1, -0.05) is 0 Å². The second-order valence-electron chi connectivity index (χ2n) is 3.60. The van der Waals surface area contributed by atoms with Crippen LogP contribution in [0.5, 0.6) is 5.75 Å². The Morgan fingerprint density at radius 3 is 2.40 bits per heavy atom. The van der Waals surface area contributed by atoms with Gasteiger partial charge < -0.3 is 9.47 Å². The number of hydrazone groups is 1. The van der Waals surface area contributed by atoms with E-state index >= 15 is 0 Å². The Bertz CT molecular complexity index is 484. The third-order valence-corrected chi connectivity index (χ3v) is 2.01. The van der Waals surface area contributed by atoms with E-state index in [1.165, 1.54) is 19.1 Å². The molecule has 0 spiro atoms. The molecule has 5 nitrogen and oxygen atoms in total. The van der Waals surface area contributed by atoms with Crippen LogP contribution in [0.15, 0.2) is 29.4 Å². The first-order valence-corrected chi connectivity index (χ1v) is 5.65. The van der Waals surface area contributed by atoms with Gasteiger partial charge in [-0.3, -0.25) is 5.43 Å². The molecule has 0 aromatic heterocycles. The lowest BCUT2D eigenvalue weighted by Crippen LogP contribution is -2.17. The number of carbonyl (C=O) groups is 1. The van der Waals surface area contributed by atoms with Crippen LogP contribution in [0.1, 0.15) is 13.8 Å². The molecule has 0 unspecified atom stereocenters. The van der Waals surface area contributed by atoms with Crippen LogP contribution in [0.2, 0.25) is 0 Å². The molecule has 0 saturated carbocycles. The maximum absolute atomic E-state index is 11.9. The lowest BCUT2D eigenvalue weighted by molar-refractivity contribution is -0.274. The lowest BCUT2D eigenvalue weighted by atomic mass is 10.3. The number of rotatable bonds is 5. The molecular weight excluding hydrogens is 277 g/mol. The molecule has 0 aliphatic heterocycles. The molecule has 0 radical (unpaired) electrons. The van der Waals surface area contributed by atoms with Crippen molar-refractivity contribution in [2.24, 2.45) is 5.10 Å². The Hall–Kier alpha value is -2.25. The average molecular weight is 290 g/mol. The van der Waals surface area contributed by atoms with Gasteiger partial charge in [-0.15, -0.1) is 13.2 Å². The van der Waals surface area contributed by atoms with Crippen molar-refractivity contribution in [2.45, 2.75) is 20.2 Å². The first kappa shape index (κ1) is 15.8. The van der Waals surface area contributed by atoms with E-state index in [4.69, 9.17) is 4.74 Å². The summed E-state index contributed by atoms with van der Waals surface area (Å²) in [7, 11) is 0. The first-order chi connectivity index (χ1) is 9.31. The summed E-state index contributed by atoms with van der Waals surface area (Å²) >= 11 is 0. The van der Waals surface area contributed by atoms with Gasteiger partial charge in [0.15, 0.2) is 0 Å². The second-order valence-corrected chi connectivity index (χ2v) is 3.60. The number of hydrogen-bond donors (Lipinski definition) is 1. The SMILES string of the molecule is CCOC(=O)/C(C)=N/Nc1ccc(OC(F)(F)F)cc1. The molecule has 1 N–H and O–H groups in total. The van der Waals surface area contributed by atoms with Crippen LogP contribution in [0.25, 0.3) is 0 Å². The summed E-state index contributed by atoms with van der Waals surface area (Å²) in [5.41, 5.74) is 3.03. The number of ether oxygens (including phenoxy) is 2. The standard InChI is InChI=1S/C12H13F3N2O3/c1-3-19-11(18)8(2)16-17-9-4-6-10(7-5-9)20-12(13,14)15/h4-7,17H,3H2,1-2H3/b16-8+. The van der Waals surface area contributed by atoms with Gasteiger partial charge in [-0.25, -0.2) is 4.79 Å². The minimum absolute atomic E-state index is 0.0995. The fourth-order valence-corrected chi connectivity index (χ4v) is 1.16. The minimum atomic E-state index is -4.73. The first-order valence-electron chi connectivity index (χ1n) is 5.65. The summed E-state index contributed by atoms with van der Waals surface area (Å²) < 4.78 is 44.3. The van der Waals surface area contributed by atoms with Gasteiger partial charge in [0.05, 0.1) is 12.3 Å². The highest BCUT2D eigenvalue weighted by Crippen LogP contribution is 2.23. The molecule has 1 aromatic carbocycles. The highest BCUT2D eigenvalue weighted by atomic mass is 19.4. The van der Waals surface area contributed by atoms with Crippen LogP contribution in [-0.2, 0) is 9.53 Å². The van der Waals surface area contributed by atoms with E-state index in [2.05, 4.69) is 15.3 Å². The minimum Gasteiger partial charge on any atom is -0.461 e. The zero-order valence-electron chi connectivity index (χ0n) is 10.8. The quantitative estimate of drug-likeness (QED) is 0.514. The number of carbonyl (C=O) groups excluding carboxylic acids is 1. The van der Waals surface area contributed by atoms with E-state index in [-0.39, 0.29) is 18.1 Å². The van der Waals surface area contributed by atoms with Crippen molar-refractivity contribution in [1.82, 2.24) is 0 Å². The molecule has 1 rings (SSSR count). The Balaban J connectivity index is 2.62. The molecule has 20 heavy (non-hydrogen) atoms. The van der Waals surface area contributed by atoms with E-state index in [9.17, 15) is 18.0 Å². The summed E-state index contributed by atoms with van der Waals surface area (Å²) in [6.45, 7) is 3.35. The maximum Gasteiger partial charge on any atom is 0.573 e. The molecule has 0 aliphatic rings. The fourth-order valence-electron chi connectivity index (χ4n) is 1.16. The van der Waals surface area contributed by atoms with Crippen LogP contribution < -0.4 is 10.2 Å². The van der Waals surface area contributed by atoms with Crippen LogP contribution in [0.3, 0.4) is 0 Å². The van der Waals surface area contributed by atoms with Crippen LogP contribution >= 0.6 is 0 Å². The zero-order valence-corrected chi connectivity index (χ0v) is 10.8. The summed E-state index contributed by atoms with van der Waals surface area (Å²) in [5, 5.41) is 3.75. The smallest absolute Gasteiger partial charge is 0.461 e. The normalized spacial score (nSPS) is 11.9. The van der Waals surface area contributed by atoms with Crippen molar-refractivity contribution >= 4 is 17.4 Å². The zero-order chi connectivity index (χ0) is 15.2. The van der Waals surface area contributed by atoms with Crippen LogP contribution in [0.4, 0.5) is 18.9 Å². The molecule has 0 heterocycles. The molecule has 8 heteroatoms. The second kappa shape index (κ2) is 6.78. The van der Waals surface area contributed by atoms with Gasteiger partial charge in [0.2, 0.25) is 0 Å². The van der Waals surface area contributed by atoms with Gasteiger partial charge >= 0.3 is 12.3 Å². The van der Waals surface area contributed by atoms with Crippen molar-refractivity contribution in [1.29, 1.82) is 0 Å². The highest BCUT2D eigenvalue weighted by molar-refractivity contribution is 6.35. The molecule has 0 saturated heterocycles. The van der Waals surface area contributed by atoms with Gasteiger partial charge in [0, 0.05) is 0 Å². The molecule has 0 bridgehead atoms. The molecule has 0 fully saturated rings. The third kappa shape index (κ3) is 5.59. The van der Waals surface area contributed by atoms with Crippen molar-refractivity contribution in [3.63, 3.8) is 0 Å². The van der Waals surface area contributed by atoms with Gasteiger partial charge in [0.25, 0.3) is 0 Å². The predicted octanol–water partition coefficient (Wildman–Crippen LogP) is 2.94. The Morgan fingerprint density at radius 2 is 1.90 bits per heavy atom. The van der Waals surface area contributed by atoms with Gasteiger partial charge in [0.1, 0.15) is 11.5 Å². The van der Waals surface area contributed by atoms with Crippen molar-refractivity contribution in [2.75, 3.05) is 12.0 Å². The van der Waals surface area contributed by atoms with E-state index in [1.807, 2.05) is 0 Å². The summed E-state index contributed by atoms with van der Waals surface area (Å²) in [4.78, 5) is 11.2. The van der Waals surface area contributed by atoms with Crippen molar-refractivity contribution in [3.8, 4) is 5.75 Å². The van der Waals surface area contributed by atoms with Crippen LogP contribution in [-0.4, -0.2) is 24.7 Å². The van der Waals surface area contributed by atoms with E-state index in [0.717, 1.165) is 12.1 Å². The largest absolute Gasteiger partial charge is 0.573 e. The molecule has 1 aromatic rings. The predicted molar refractivity (Wildman–Crippen MR) is 66.5 cm³/mol. The number of alkyl halides is 3. The van der Waals surface area contributed by atoms with E-state index < -0.39 is 12.3 Å². The molecule has 0 atom stereocenters. The molecular formula is C12H13F3N2O3. The maximum atomic E-state index is 11.9. The highest BCUT2D eigenvalue weighted by Gasteiger charge is 2.30. The Kier molecular flexibility index (Phi) is 5.36. The topological polar surface area (TPSA) is 59.9 Å². The van der Waals surface area contributed by atoms with E-state index in [0.29, 0.717) is 5.69 Å². The number of anilines is 1. The third-order valence-electron chi connectivity index (χ3n) is 2.01. The van der Waals surface area contributed by atoms with Crippen molar-refractivity contribution < 1.29 is 27.4 Å². The average Bonchev–Trinajstić information content (AvgIpc) is 2.36. The fraction of sp³-hybridized carbons (Fsp3) is 0.333. The number of nitrogens with one attached hydrogen (secondary N) is 1. The monoisotopic (exact) mass is 290 g/mol. The van der Waals surface area contributed by atoms with Crippen molar-refractivity contribution in [3.05, 3.63) is 24.3 Å². The molecule has 0 aliphatic carbocycles. The molecule has 110 valence electrons. The summed E-state index contributed by atoms with van der Waals surface area (Å²) in [6.07, 6.45) is -4.73. The van der Waals surface area contributed by atoms with E-state index in [1.54, 1.807) is 6.92 Å². The van der Waals surface area contributed by atoms with Crippen LogP contribution in [0, 0.1) is 0 Å². The number of hydrogen-bond acceptors (Lipinski definition) is 5. The van der Waals surface area contributed by atoms with Gasteiger partial charge in [-0.05, 0) is 38.1 Å². The lowest BCUT2D eigenvalue weighted by Gasteiger charge is -2.09. The summed E-state index contributed by atoms with van der Waals surface area (Å²) in [5.74, 6) is -0.911. The molecule has 0 amide bonds. The number of nitrogens with zero attached hydrogens (tertiary/aromatic N) is 1. The number of halogens is 3. The van der Waals surface area contributed by atoms with Gasteiger partial charge in [-0.2, -0.15) is 5.10 Å².